The molecule has 5 rings (SSSR count). The maximum Gasteiger partial charge on any atom is 0.228 e. The van der Waals surface area contributed by atoms with E-state index in [1.807, 2.05) is 18.6 Å². The minimum absolute atomic E-state index is 0.0107. The number of carbonyl (C=O) groups excluding carboxylic acids is 1. The standard InChI is InChI=1S/C20H20FN5O/c21-15-3-1-2-13(8-15)18-19(17(24-25-18)12-4-5-12)23-20(27)14-6-7-26-11-22-10-16(26)9-14/h1-3,8,10-12,14H,4-7,9H2,(H,23,27)(H,24,25). The van der Waals surface area contributed by atoms with Crippen LogP contribution < -0.4 is 5.32 Å². The Kier molecular flexibility index (Phi) is 3.81. The maximum atomic E-state index is 13.7. The van der Waals surface area contributed by atoms with E-state index in [1.54, 1.807) is 6.07 Å². The molecule has 1 amide bonds. The number of aryl methyl sites for hydroxylation is 1. The van der Waals surface area contributed by atoms with Crippen LogP contribution in [0.3, 0.4) is 0 Å². The van der Waals surface area contributed by atoms with Gasteiger partial charge in [0.05, 0.1) is 17.7 Å². The number of nitrogens with one attached hydrogen (secondary N) is 2. The second-order valence-electron chi connectivity index (χ2n) is 7.40. The van der Waals surface area contributed by atoms with E-state index in [0.717, 1.165) is 37.2 Å². The van der Waals surface area contributed by atoms with Crippen molar-refractivity contribution in [3.05, 3.63) is 54.0 Å². The zero-order valence-electron chi connectivity index (χ0n) is 14.8. The molecule has 2 aliphatic rings. The number of H-pyrrole nitrogens is 1. The number of carbonyl (C=O) groups is 1. The van der Waals surface area contributed by atoms with Crippen molar-refractivity contribution < 1.29 is 9.18 Å². The van der Waals surface area contributed by atoms with Crippen LogP contribution in [0, 0.1) is 11.7 Å². The number of amides is 1. The monoisotopic (exact) mass is 365 g/mol. The predicted octanol–water partition coefficient (Wildman–Crippen LogP) is 3.49. The molecule has 0 spiro atoms. The number of nitrogens with zero attached hydrogens (tertiary/aromatic N) is 3. The highest BCUT2D eigenvalue weighted by molar-refractivity contribution is 5.97. The highest BCUT2D eigenvalue weighted by Gasteiger charge is 2.32. The highest BCUT2D eigenvalue weighted by atomic mass is 19.1. The molecule has 27 heavy (non-hydrogen) atoms. The fraction of sp³-hybridized carbons (Fsp3) is 0.350. The molecule has 2 N–H and O–H groups in total. The van der Waals surface area contributed by atoms with Crippen molar-refractivity contribution in [2.45, 2.75) is 38.1 Å². The van der Waals surface area contributed by atoms with Crippen LogP contribution in [0.5, 0.6) is 0 Å². The Bertz CT molecular complexity index is 1000. The zero-order valence-corrected chi connectivity index (χ0v) is 14.8. The van der Waals surface area contributed by atoms with E-state index in [2.05, 4.69) is 25.1 Å². The van der Waals surface area contributed by atoms with Gasteiger partial charge in [-0.1, -0.05) is 12.1 Å². The molecule has 0 saturated heterocycles. The van der Waals surface area contributed by atoms with Crippen molar-refractivity contribution in [1.29, 1.82) is 0 Å². The van der Waals surface area contributed by atoms with Gasteiger partial charge in [0.15, 0.2) is 0 Å². The first kappa shape index (κ1) is 16.2. The quantitative estimate of drug-likeness (QED) is 0.743. The molecule has 138 valence electrons. The van der Waals surface area contributed by atoms with Crippen molar-refractivity contribution in [3.63, 3.8) is 0 Å². The number of anilines is 1. The van der Waals surface area contributed by atoms with Crippen LogP contribution in [0.4, 0.5) is 10.1 Å². The summed E-state index contributed by atoms with van der Waals surface area (Å²) in [5.74, 6) is -0.0379. The second-order valence-corrected chi connectivity index (χ2v) is 7.40. The Balaban J connectivity index is 1.44. The lowest BCUT2D eigenvalue weighted by Crippen LogP contribution is -2.30. The molecule has 1 saturated carbocycles. The van der Waals surface area contributed by atoms with Gasteiger partial charge >= 0.3 is 0 Å². The topological polar surface area (TPSA) is 75.6 Å². The minimum atomic E-state index is -0.318. The van der Waals surface area contributed by atoms with Gasteiger partial charge < -0.3 is 9.88 Å². The zero-order chi connectivity index (χ0) is 18.4. The van der Waals surface area contributed by atoms with Crippen molar-refractivity contribution in [3.8, 4) is 11.3 Å². The first-order valence-electron chi connectivity index (χ1n) is 9.33. The molecule has 1 aliphatic carbocycles. The van der Waals surface area contributed by atoms with Gasteiger partial charge in [-0.2, -0.15) is 5.10 Å². The maximum absolute atomic E-state index is 13.7. The first-order chi connectivity index (χ1) is 13.2. The van der Waals surface area contributed by atoms with Crippen LogP contribution in [0.15, 0.2) is 36.8 Å². The number of benzene rings is 1. The normalized spacial score (nSPS) is 18.9. The Hall–Kier alpha value is -2.96. The number of halogens is 1. The second kappa shape index (κ2) is 6.33. The van der Waals surface area contributed by atoms with Gasteiger partial charge in [0.25, 0.3) is 0 Å². The van der Waals surface area contributed by atoms with E-state index in [0.29, 0.717) is 29.3 Å². The molecule has 1 unspecified atom stereocenters. The lowest BCUT2D eigenvalue weighted by molar-refractivity contribution is -0.120. The van der Waals surface area contributed by atoms with Crippen molar-refractivity contribution in [2.75, 3.05) is 5.32 Å². The summed E-state index contributed by atoms with van der Waals surface area (Å²) in [7, 11) is 0. The van der Waals surface area contributed by atoms with Crippen molar-refractivity contribution in [1.82, 2.24) is 19.7 Å². The van der Waals surface area contributed by atoms with Crippen LogP contribution in [0.2, 0.25) is 0 Å². The van der Waals surface area contributed by atoms with Crippen LogP contribution in [-0.2, 0) is 17.8 Å². The number of hydrogen-bond donors (Lipinski definition) is 2. The summed E-state index contributed by atoms with van der Waals surface area (Å²) in [6, 6.07) is 6.32. The molecule has 1 aliphatic heterocycles. The summed E-state index contributed by atoms with van der Waals surface area (Å²) in [4.78, 5) is 17.1. The van der Waals surface area contributed by atoms with Gasteiger partial charge in [-0.05, 0) is 31.4 Å². The lowest BCUT2D eigenvalue weighted by atomic mass is 9.95. The van der Waals surface area contributed by atoms with Crippen LogP contribution >= 0.6 is 0 Å². The Labute approximate surface area is 155 Å². The summed E-state index contributed by atoms with van der Waals surface area (Å²) in [5, 5.41) is 10.6. The summed E-state index contributed by atoms with van der Waals surface area (Å²) < 4.78 is 15.8. The number of imidazole rings is 1. The molecule has 1 atom stereocenters. The van der Waals surface area contributed by atoms with Gasteiger partial charge in [-0.3, -0.25) is 9.89 Å². The SMILES string of the molecule is O=C(Nc1c(-c2cccc(F)c2)n[nH]c1C1CC1)C1CCn2cncc2C1. The summed E-state index contributed by atoms with van der Waals surface area (Å²) in [6.45, 7) is 0.797. The Morgan fingerprint density at radius 3 is 3.00 bits per heavy atom. The van der Waals surface area contributed by atoms with E-state index < -0.39 is 0 Å². The van der Waals surface area contributed by atoms with Crippen molar-refractivity contribution >= 4 is 11.6 Å². The first-order valence-corrected chi connectivity index (χ1v) is 9.33. The van der Waals surface area contributed by atoms with Gasteiger partial charge in [0.1, 0.15) is 11.5 Å². The molecule has 1 aromatic carbocycles. The third-order valence-electron chi connectivity index (χ3n) is 5.47. The van der Waals surface area contributed by atoms with E-state index in [1.165, 1.54) is 12.1 Å². The lowest BCUT2D eigenvalue weighted by Gasteiger charge is -2.23. The third-order valence-corrected chi connectivity index (χ3v) is 5.47. The molecule has 3 aromatic rings. The fourth-order valence-electron chi connectivity index (χ4n) is 3.81. The summed E-state index contributed by atoms with van der Waals surface area (Å²) in [5.41, 5.74) is 4.00. The Morgan fingerprint density at radius 1 is 1.30 bits per heavy atom. The van der Waals surface area contributed by atoms with Crippen LogP contribution in [-0.4, -0.2) is 25.7 Å². The minimum Gasteiger partial charge on any atom is -0.335 e. The molecule has 7 heteroatoms. The van der Waals surface area contributed by atoms with Gasteiger partial charge in [0.2, 0.25) is 5.91 Å². The van der Waals surface area contributed by atoms with Gasteiger partial charge in [-0.15, -0.1) is 0 Å². The van der Waals surface area contributed by atoms with E-state index in [4.69, 9.17) is 0 Å². The smallest absolute Gasteiger partial charge is 0.228 e. The van der Waals surface area contributed by atoms with Crippen LogP contribution in [0.1, 0.15) is 36.6 Å². The molecule has 3 heterocycles. The summed E-state index contributed by atoms with van der Waals surface area (Å²) >= 11 is 0. The number of aromatic nitrogens is 4. The predicted molar refractivity (Wildman–Crippen MR) is 98.6 cm³/mol. The number of hydrogen-bond acceptors (Lipinski definition) is 3. The van der Waals surface area contributed by atoms with Gasteiger partial charge in [-0.25, -0.2) is 9.37 Å². The van der Waals surface area contributed by atoms with Gasteiger partial charge in [0, 0.05) is 42.3 Å². The molecular weight excluding hydrogens is 345 g/mol. The molecule has 0 bridgehead atoms. The van der Waals surface area contributed by atoms with Crippen molar-refractivity contribution in [2.24, 2.45) is 5.92 Å². The average Bonchev–Trinajstić information content (AvgIpc) is 3.25. The molecule has 0 radical (unpaired) electrons. The molecule has 2 aromatic heterocycles. The van der Waals surface area contributed by atoms with E-state index in [9.17, 15) is 9.18 Å². The highest BCUT2D eigenvalue weighted by Crippen LogP contribution is 2.45. The molecule has 6 nitrogen and oxygen atoms in total. The largest absolute Gasteiger partial charge is 0.335 e. The Morgan fingerprint density at radius 2 is 2.19 bits per heavy atom. The summed E-state index contributed by atoms with van der Waals surface area (Å²) in [6.07, 6.45) is 7.25. The molecule has 1 fully saturated rings. The fourth-order valence-corrected chi connectivity index (χ4v) is 3.81. The average molecular weight is 365 g/mol. The number of fused-ring (bicyclic) bond motifs is 1. The van der Waals surface area contributed by atoms with Crippen LogP contribution in [0.25, 0.3) is 11.3 Å². The molecular formula is C20H20FN5O. The third kappa shape index (κ3) is 3.03. The number of aromatic amines is 1. The van der Waals surface area contributed by atoms with E-state index >= 15 is 0 Å². The van der Waals surface area contributed by atoms with E-state index in [-0.39, 0.29) is 17.6 Å². The number of rotatable bonds is 4.